The summed E-state index contributed by atoms with van der Waals surface area (Å²) >= 11 is 1.44. The zero-order chi connectivity index (χ0) is 32.9. The van der Waals surface area contributed by atoms with Gasteiger partial charge in [-0.1, -0.05) is 49.9 Å². The van der Waals surface area contributed by atoms with Crippen molar-refractivity contribution < 1.29 is 31.4 Å². The fourth-order valence-electron chi connectivity index (χ4n) is 4.58. The molecule has 5 aromatic heterocycles. The van der Waals surface area contributed by atoms with Crippen LogP contribution in [0.5, 0.6) is 0 Å². The second-order valence-electron chi connectivity index (χ2n) is 10.7. The second kappa shape index (κ2) is 12.3. The van der Waals surface area contributed by atoms with Gasteiger partial charge in [-0.05, 0) is 66.8 Å². The molecule has 0 amide bonds. The Labute approximate surface area is 271 Å². The number of nitrogens with zero attached hydrogens (tertiary/aromatic N) is 3. The van der Waals surface area contributed by atoms with E-state index in [0.29, 0.717) is 21.7 Å². The molecule has 0 atom stereocenters. The first-order valence-electron chi connectivity index (χ1n) is 15.8. The molecule has 0 N–H and O–H groups in total. The van der Waals surface area contributed by atoms with Crippen LogP contribution in [0.4, 0.5) is 0 Å². The molecule has 213 valence electrons. The molecule has 2 aromatic carbocycles. The number of benzene rings is 2. The minimum absolute atomic E-state index is 0. The Morgan fingerprint density at radius 2 is 1.76 bits per heavy atom. The minimum atomic E-state index is -2.32. The van der Waals surface area contributed by atoms with Crippen LogP contribution in [0.15, 0.2) is 89.5 Å². The Kier molecular flexibility index (Phi) is 6.96. The molecule has 0 aliphatic heterocycles. The maximum absolute atomic E-state index is 8.72. The average molecular weight is 751 g/mol. The SMILES string of the molecule is [2H]C([2H])([2H])c1ccc2c(n1)oc1c(-c3ccc4sc(C([2H])([2H])C(C)(C)C)c(C)c4n3)[c-]ccc12.[Ir].[c-]1ccccc1-c1ccccn1. The summed E-state index contributed by atoms with van der Waals surface area (Å²) in [7, 11) is 0. The summed E-state index contributed by atoms with van der Waals surface area (Å²) in [5.74, 6) is 0. The summed E-state index contributed by atoms with van der Waals surface area (Å²) in [6.45, 7) is 5.30. The molecule has 0 saturated heterocycles. The van der Waals surface area contributed by atoms with E-state index >= 15 is 0 Å². The summed E-state index contributed by atoms with van der Waals surface area (Å²) in [6, 6.07) is 30.8. The smallest absolute Gasteiger partial charge is 0.216 e. The third-order valence-electron chi connectivity index (χ3n) is 6.46. The summed E-state index contributed by atoms with van der Waals surface area (Å²) in [5, 5.41) is 1.54. The van der Waals surface area contributed by atoms with E-state index in [4.69, 9.17) is 16.3 Å². The van der Waals surface area contributed by atoms with Gasteiger partial charge < -0.3 is 9.40 Å². The van der Waals surface area contributed by atoms with Crippen LogP contribution in [-0.4, -0.2) is 15.0 Å². The Bertz CT molecular complexity index is 2140. The van der Waals surface area contributed by atoms with Gasteiger partial charge in [-0.25, -0.2) is 4.98 Å². The molecule has 7 rings (SSSR count). The van der Waals surface area contributed by atoms with Crippen LogP contribution in [0, 0.1) is 31.3 Å². The first-order chi connectivity index (χ1) is 21.8. The van der Waals surface area contributed by atoms with Gasteiger partial charge >= 0.3 is 0 Å². The number of thiophene rings is 1. The minimum Gasteiger partial charge on any atom is -0.486 e. The van der Waals surface area contributed by atoms with Crippen molar-refractivity contribution in [2.45, 2.75) is 40.9 Å². The third-order valence-corrected chi connectivity index (χ3v) is 7.62. The first-order valence-corrected chi connectivity index (χ1v) is 14.1. The zero-order valence-corrected chi connectivity index (χ0v) is 26.8. The number of pyridine rings is 3. The third kappa shape index (κ3) is 6.22. The van der Waals surface area contributed by atoms with Gasteiger partial charge in [0.25, 0.3) is 0 Å². The van der Waals surface area contributed by atoms with Crippen molar-refractivity contribution in [1.29, 1.82) is 0 Å². The standard InChI is InChI=1S/C25H23N2OS.C11H8N.Ir/c1-14-9-10-17-16-7-6-8-18(23(16)28-24(17)26-14)19-11-12-20-22(27-19)15(2)21(29-20)13-25(3,4)5;1-2-6-10(7-3-1)11-8-4-5-9-12-11;/h6-7,9-12H,13H2,1-5H3;1-6,8-9H;/q2*-1;/i1D3,13D2;;. The van der Waals surface area contributed by atoms with E-state index in [1.54, 1.807) is 18.3 Å². The molecule has 0 saturated carbocycles. The predicted molar refractivity (Wildman–Crippen MR) is 170 cm³/mol. The van der Waals surface area contributed by atoms with E-state index in [9.17, 15) is 0 Å². The van der Waals surface area contributed by atoms with Crippen molar-refractivity contribution in [1.82, 2.24) is 15.0 Å². The molecule has 0 fully saturated rings. The van der Waals surface area contributed by atoms with Crippen LogP contribution in [0.25, 0.3) is 54.8 Å². The number of hydrogen-bond donors (Lipinski definition) is 0. The van der Waals surface area contributed by atoms with Crippen molar-refractivity contribution in [3.8, 4) is 22.5 Å². The average Bonchev–Trinajstić information content (AvgIpc) is 3.58. The van der Waals surface area contributed by atoms with Crippen LogP contribution < -0.4 is 0 Å². The topological polar surface area (TPSA) is 51.8 Å². The number of aromatic nitrogens is 3. The molecule has 4 nitrogen and oxygen atoms in total. The van der Waals surface area contributed by atoms with Crippen LogP contribution in [0.2, 0.25) is 0 Å². The van der Waals surface area contributed by atoms with Crippen LogP contribution >= 0.6 is 11.3 Å². The summed E-state index contributed by atoms with van der Waals surface area (Å²) < 4.78 is 47.3. The second-order valence-corrected chi connectivity index (χ2v) is 11.8. The molecule has 0 aliphatic carbocycles. The van der Waals surface area contributed by atoms with Crippen molar-refractivity contribution in [2.24, 2.45) is 5.41 Å². The number of rotatable bonds is 3. The summed E-state index contributed by atoms with van der Waals surface area (Å²) in [5.41, 5.74) is 5.13. The fraction of sp³-hybridized carbons (Fsp3) is 0.194. The van der Waals surface area contributed by atoms with E-state index < -0.39 is 18.6 Å². The van der Waals surface area contributed by atoms with Crippen molar-refractivity contribution >= 4 is 43.6 Å². The number of fused-ring (bicyclic) bond motifs is 4. The monoisotopic (exact) mass is 751 g/mol. The molecule has 0 aliphatic rings. The van der Waals surface area contributed by atoms with E-state index in [-0.39, 0.29) is 31.5 Å². The summed E-state index contributed by atoms with van der Waals surface area (Å²) in [6.07, 6.45) is 0.288. The van der Waals surface area contributed by atoms with Crippen molar-refractivity contribution in [3.63, 3.8) is 0 Å². The van der Waals surface area contributed by atoms with Crippen LogP contribution in [0.1, 0.15) is 43.8 Å². The first kappa shape index (κ1) is 23.8. The van der Waals surface area contributed by atoms with Crippen molar-refractivity contribution in [2.75, 3.05) is 0 Å². The Morgan fingerprint density at radius 3 is 2.50 bits per heavy atom. The largest absolute Gasteiger partial charge is 0.486 e. The van der Waals surface area contributed by atoms with Gasteiger partial charge in [0.05, 0.1) is 15.8 Å². The maximum atomic E-state index is 8.72. The number of furan rings is 1. The van der Waals surface area contributed by atoms with Gasteiger partial charge in [-0.15, -0.1) is 65.4 Å². The summed E-state index contributed by atoms with van der Waals surface area (Å²) in [4.78, 5) is 14.0. The van der Waals surface area contributed by atoms with E-state index in [1.807, 2.05) is 88.4 Å². The van der Waals surface area contributed by atoms with Crippen LogP contribution in [-0.2, 0) is 26.5 Å². The molecule has 0 bridgehead atoms. The Balaban J connectivity index is 0.000000280. The van der Waals surface area contributed by atoms with Gasteiger partial charge in [-0.2, -0.15) is 0 Å². The van der Waals surface area contributed by atoms with Gasteiger partial charge in [-0.3, -0.25) is 4.98 Å². The predicted octanol–water partition coefficient (Wildman–Crippen LogP) is 9.81. The molecular weight excluding hydrogens is 715 g/mol. The molecule has 0 spiro atoms. The number of hydrogen-bond acceptors (Lipinski definition) is 5. The molecule has 1 radical (unpaired) electrons. The van der Waals surface area contributed by atoms with Gasteiger partial charge in [0.1, 0.15) is 0 Å². The van der Waals surface area contributed by atoms with Gasteiger partial charge in [0, 0.05) is 49.1 Å². The molecule has 7 aromatic rings. The molecule has 5 heterocycles. The molecule has 0 unspecified atom stereocenters. The van der Waals surface area contributed by atoms with Crippen molar-refractivity contribution in [3.05, 3.63) is 113 Å². The van der Waals surface area contributed by atoms with Gasteiger partial charge in [0.15, 0.2) is 0 Å². The van der Waals surface area contributed by atoms with E-state index in [2.05, 4.69) is 22.1 Å². The molecule has 6 heteroatoms. The van der Waals surface area contributed by atoms with E-state index in [0.717, 1.165) is 37.8 Å². The fourth-order valence-corrected chi connectivity index (χ4v) is 5.84. The Hall–Kier alpha value is -3.70. The normalized spacial score (nSPS) is 13.8. The van der Waals surface area contributed by atoms with E-state index in [1.165, 1.54) is 17.4 Å². The van der Waals surface area contributed by atoms with Gasteiger partial charge in [0.2, 0.25) is 5.71 Å². The van der Waals surface area contributed by atoms with Crippen LogP contribution in [0.3, 0.4) is 0 Å². The molecular formula is C36H31IrN3OS-2. The molecule has 42 heavy (non-hydrogen) atoms. The number of aryl methyl sites for hydroxylation is 2. The Morgan fingerprint density at radius 1 is 0.905 bits per heavy atom. The zero-order valence-electron chi connectivity index (χ0n) is 28.6. The maximum Gasteiger partial charge on any atom is 0.216 e. The quantitative estimate of drug-likeness (QED) is 0.169.